The summed E-state index contributed by atoms with van der Waals surface area (Å²) in [5, 5.41) is 17.8. The molecule has 0 bridgehead atoms. The van der Waals surface area contributed by atoms with Crippen LogP contribution in [0.5, 0.6) is 0 Å². The molecule has 17 heavy (non-hydrogen) atoms. The third kappa shape index (κ3) is 3.57. The number of aliphatic carboxylic acids is 2. The lowest BCUT2D eigenvalue weighted by Gasteiger charge is -2.23. The first-order valence-corrected chi connectivity index (χ1v) is 5.13. The van der Waals surface area contributed by atoms with E-state index in [1.165, 1.54) is 11.9 Å². The number of rotatable bonds is 5. The molecule has 1 unspecified atom stereocenters. The molecule has 0 saturated heterocycles. The minimum absolute atomic E-state index is 0.315. The summed E-state index contributed by atoms with van der Waals surface area (Å²) in [7, 11) is 1.48. The fraction of sp³-hybridized carbons (Fsp3) is 0.333. The molecule has 0 saturated carbocycles. The van der Waals surface area contributed by atoms with E-state index in [2.05, 4.69) is 0 Å². The van der Waals surface area contributed by atoms with Crippen LogP contribution in [0.1, 0.15) is 17.2 Å². The Morgan fingerprint density at radius 3 is 2.47 bits per heavy atom. The lowest BCUT2D eigenvalue weighted by molar-refractivity contribution is -0.145. The highest BCUT2D eigenvalue weighted by Gasteiger charge is 2.25. The second-order valence-corrected chi connectivity index (χ2v) is 3.96. The molecule has 1 rings (SSSR count). The van der Waals surface area contributed by atoms with Crippen molar-refractivity contribution >= 4 is 11.9 Å². The zero-order chi connectivity index (χ0) is 13.0. The van der Waals surface area contributed by atoms with Gasteiger partial charge in [0.1, 0.15) is 6.04 Å². The van der Waals surface area contributed by atoms with Gasteiger partial charge in [-0.3, -0.25) is 14.5 Å². The summed E-state index contributed by atoms with van der Waals surface area (Å²) in [6.45, 7) is 1.55. The molecule has 0 fully saturated rings. The lowest BCUT2D eigenvalue weighted by atomic mass is 10.0. The Labute approximate surface area is 99.3 Å². The van der Waals surface area contributed by atoms with E-state index in [1.54, 1.807) is 18.2 Å². The van der Waals surface area contributed by atoms with Crippen LogP contribution < -0.4 is 0 Å². The number of carboxylic acids is 2. The molecule has 0 heterocycles. The van der Waals surface area contributed by atoms with Gasteiger partial charge in [0.2, 0.25) is 0 Å². The Morgan fingerprint density at radius 2 is 2.00 bits per heavy atom. The Bertz CT molecular complexity index is 430. The molecule has 1 atom stereocenters. The van der Waals surface area contributed by atoms with Crippen molar-refractivity contribution in [2.24, 2.45) is 0 Å². The number of nitrogens with zero attached hydrogens (tertiary/aromatic N) is 1. The fourth-order valence-corrected chi connectivity index (χ4v) is 1.73. The quantitative estimate of drug-likeness (QED) is 0.802. The number of hydrogen-bond donors (Lipinski definition) is 2. The van der Waals surface area contributed by atoms with Crippen molar-refractivity contribution in [1.29, 1.82) is 0 Å². The maximum Gasteiger partial charge on any atom is 0.325 e. The smallest absolute Gasteiger partial charge is 0.325 e. The van der Waals surface area contributed by atoms with Gasteiger partial charge in [0.05, 0.1) is 6.54 Å². The predicted molar refractivity (Wildman–Crippen MR) is 61.8 cm³/mol. The van der Waals surface area contributed by atoms with Crippen molar-refractivity contribution in [2.75, 3.05) is 13.6 Å². The normalized spacial score (nSPS) is 12.4. The first-order valence-electron chi connectivity index (χ1n) is 5.13. The minimum atomic E-state index is -1.06. The van der Waals surface area contributed by atoms with Crippen LogP contribution in [0.15, 0.2) is 24.3 Å². The number of carbonyl (C=O) groups is 2. The Hall–Kier alpha value is -1.88. The van der Waals surface area contributed by atoms with E-state index in [0.29, 0.717) is 5.56 Å². The highest BCUT2D eigenvalue weighted by Crippen LogP contribution is 2.20. The van der Waals surface area contributed by atoms with Crippen LogP contribution in [0.3, 0.4) is 0 Å². The first kappa shape index (κ1) is 13.2. The molecular weight excluding hydrogens is 222 g/mol. The van der Waals surface area contributed by atoms with Crippen LogP contribution in [0.4, 0.5) is 0 Å². The molecule has 0 aliphatic carbocycles. The molecule has 0 spiro atoms. The van der Waals surface area contributed by atoms with Gasteiger partial charge in [-0.1, -0.05) is 29.8 Å². The Kier molecular flexibility index (Phi) is 4.23. The molecular formula is C12H15NO4. The molecule has 92 valence electrons. The molecule has 0 radical (unpaired) electrons. The standard InChI is InChI=1S/C12H15NO4/c1-8-4-3-5-9(6-8)11(12(16)17)13(2)7-10(14)15/h3-6,11H,7H2,1-2H3,(H,14,15)(H,16,17). The van der Waals surface area contributed by atoms with Crippen molar-refractivity contribution in [1.82, 2.24) is 4.90 Å². The van der Waals surface area contributed by atoms with Gasteiger partial charge in [-0.2, -0.15) is 0 Å². The van der Waals surface area contributed by atoms with E-state index in [9.17, 15) is 9.59 Å². The van der Waals surface area contributed by atoms with E-state index in [4.69, 9.17) is 10.2 Å². The van der Waals surface area contributed by atoms with Gasteiger partial charge in [-0.15, -0.1) is 0 Å². The molecule has 1 aromatic carbocycles. The SMILES string of the molecule is Cc1cccc(C(C(=O)O)N(C)CC(=O)O)c1. The summed E-state index contributed by atoms with van der Waals surface area (Å²) >= 11 is 0. The number of carboxylic acid groups (broad SMARTS) is 2. The summed E-state index contributed by atoms with van der Waals surface area (Å²) in [6.07, 6.45) is 0. The second-order valence-electron chi connectivity index (χ2n) is 3.96. The van der Waals surface area contributed by atoms with Crippen LogP contribution in [0, 0.1) is 6.92 Å². The average molecular weight is 237 g/mol. The van der Waals surface area contributed by atoms with E-state index in [-0.39, 0.29) is 6.54 Å². The molecule has 5 heteroatoms. The minimum Gasteiger partial charge on any atom is -0.480 e. The predicted octanol–water partition coefficient (Wildman–Crippen LogP) is 1.14. The van der Waals surface area contributed by atoms with Gasteiger partial charge in [0, 0.05) is 0 Å². The lowest BCUT2D eigenvalue weighted by Crippen LogP contribution is -2.34. The summed E-state index contributed by atoms with van der Waals surface area (Å²) in [5.74, 6) is -2.11. The zero-order valence-corrected chi connectivity index (χ0v) is 9.75. The van der Waals surface area contributed by atoms with E-state index in [1.807, 2.05) is 13.0 Å². The third-order valence-electron chi connectivity index (χ3n) is 2.42. The van der Waals surface area contributed by atoms with Gasteiger partial charge in [0.15, 0.2) is 0 Å². The van der Waals surface area contributed by atoms with Crippen LogP contribution in [0.25, 0.3) is 0 Å². The molecule has 0 aromatic heterocycles. The molecule has 0 aliphatic rings. The van der Waals surface area contributed by atoms with Gasteiger partial charge in [0.25, 0.3) is 0 Å². The second kappa shape index (κ2) is 5.45. The van der Waals surface area contributed by atoms with E-state index in [0.717, 1.165) is 5.56 Å². The van der Waals surface area contributed by atoms with Crippen molar-refractivity contribution in [3.05, 3.63) is 35.4 Å². The maximum atomic E-state index is 11.2. The van der Waals surface area contributed by atoms with E-state index >= 15 is 0 Å². The summed E-state index contributed by atoms with van der Waals surface area (Å²) < 4.78 is 0. The van der Waals surface area contributed by atoms with Crippen molar-refractivity contribution < 1.29 is 19.8 Å². The zero-order valence-electron chi connectivity index (χ0n) is 9.75. The number of aryl methyl sites for hydroxylation is 1. The van der Waals surface area contributed by atoms with Crippen LogP contribution in [-0.4, -0.2) is 40.6 Å². The maximum absolute atomic E-state index is 11.2. The van der Waals surface area contributed by atoms with Gasteiger partial charge in [-0.25, -0.2) is 0 Å². The van der Waals surface area contributed by atoms with Crippen LogP contribution in [0.2, 0.25) is 0 Å². The van der Waals surface area contributed by atoms with Crippen molar-refractivity contribution in [3.8, 4) is 0 Å². The summed E-state index contributed by atoms with van der Waals surface area (Å²) in [4.78, 5) is 23.1. The first-order chi connectivity index (χ1) is 7.91. The highest BCUT2D eigenvalue weighted by atomic mass is 16.4. The van der Waals surface area contributed by atoms with Crippen molar-refractivity contribution in [2.45, 2.75) is 13.0 Å². The van der Waals surface area contributed by atoms with E-state index < -0.39 is 18.0 Å². The average Bonchev–Trinajstić information content (AvgIpc) is 2.15. The number of benzene rings is 1. The Balaban J connectivity index is 3.01. The van der Waals surface area contributed by atoms with Crippen LogP contribution in [-0.2, 0) is 9.59 Å². The molecule has 0 amide bonds. The topological polar surface area (TPSA) is 77.8 Å². The van der Waals surface area contributed by atoms with Gasteiger partial charge in [-0.05, 0) is 19.5 Å². The molecule has 5 nitrogen and oxygen atoms in total. The largest absolute Gasteiger partial charge is 0.480 e. The molecule has 2 N–H and O–H groups in total. The van der Waals surface area contributed by atoms with Gasteiger partial charge >= 0.3 is 11.9 Å². The van der Waals surface area contributed by atoms with Crippen LogP contribution >= 0.6 is 0 Å². The highest BCUT2D eigenvalue weighted by molar-refractivity contribution is 5.77. The Morgan fingerprint density at radius 1 is 1.35 bits per heavy atom. The van der Waals surface area contributed by atoms with Crippen molar-refractivity contribution in [3.63, 3.8) is 0 Å². The fourth-order valence-electron chi connectivity index (χ4n) is 1.73. The summed E-state index contributed by atoms with van der Waals surface area (Å²) in [6, 6.07) is 6.11. The molecule has 0 aliphatic heterocycles. The monoisotopic (exact) mass is 237 g/mol. The number of hydrogen-bond acceptors (Lipinski definition) is 3. The molecule has 1 aromatic rings. The third-order valence-corrected chi connectivity index (χ3v) is 2.42. The van der Waals surface area contributed by atoms with Gasteiger partial charge < -0.3 is 10.2 Å². The number of likely N-dealkylation sites (N-methyl/N-ethyl adjacent to an activating group) is 1. The summed E-state index contributed by atoms with van der Waals surface area (Å²) in [5.41, 5.74) is 1.53.